The number of methoxy groups -OCH3 is 1. The van der Waals surface area contributed by atoms with Gasteiger partial charge in [0.1, 0.15) is 0 Å². The number of nitrogens with two attached hydrogens (primary N) is 1. The van der Waals surface area contributed by atoms with Gasteiger partial charge in [0.05, 0.1) is 30.6 Å². The second-order valence-corrected chi connectivity index (χ2v) is 4.69. The molecule has 2 N–H and O–H groups in total. The number of nitrogens with zero attached hydrogens (tertiary/aromatic N) is 2. The SMILES string of the molecule is CCN(CC)C(=O)CN(C)c1ccc(C(=O)OC)cc1N. The Morgan fingerprint density at radius 1 is 1.24 bits per heavy atom. The fraction of sp³-hybridized carbons (Fsp3) is 0.467. The number of carbonyl (C=O) groups excluding carboxylic acids is 2. The quantitative estimate of drug-likeness (QED) is 0.633. The lowest BCUT2D eigenvalue weighted by Crippen LogP contribution is -2.39. The van der Waals surface area contributed by atoms with E-state index in [1.807, 2.05) is 13.8 Å². The molecule has 0 bridgehead atoms. The largest absolute Gasteiger partial charge is 0.465 e. The molecule has 0 fully saturated rings. The Morgan fingerprint density at radius 2 is 1.86 bits per heavy atom. The Balaban J connectivity index is 2.86. The molecule has 0 heterocycles. The molecule has 1 aromatic carbocycles. The average Bonchev–Trinajstić information content (AvgIpc) is 2.47. The van der Waals surface area contributed by atoms with Crippen molar-refractivity contribution in [3.8, 4) is 0 Å². The van der Waals surface area contributed by atoms with Crippen molar-refractivity contribution >= 4 is 23.3 Å². The van der Waals surface area contributed by atoms with Crippen LogP contribution in [0, 0.1) is 0 Å². The zero-order chi connectivity index (χ0) is 16.0. The lowest BCUT2D eigenvalue weighted by atomic mass is 10.1. The normalized spacial score (nSPS) is 10.1. The number of amides is 1. The summed E-state index contributed by atoms with van der Waals surface area (Å²) in [7, 11) is 3.12. The number of nitrogen functional groups attached to an aromatic ring is 1. The summed E-state index contributed by atoms with van der Waals surface area (Å²) in [5.74, 6) is -0.394. The molecule has 116 valence electrons. The summed E-state index contributed by atoms with van der Waals surface area (Å²) in [5.41, 5.74) is 7.50. The van der Waals surface area contributed by atoms with Crippen LogP contribution in [0.25, 0.3) is 0 Å². The highest BCUT2D eigenvalue weighted by atomic mass is 16.5. The minimum absolute atomic E-state index is 0.0407. The summed E-state index contributed by atoms with van der Waals surface area (Å²) >= 11 is 0. The average molecular weight is 293 g/mol. The summed E-state index contributed by atoms with van der Waals surface area (Å²) in [6, 6.07) is 4.91. The fourth-order valence-corrected chi connectivity index (χ4v) is 2.11. The van der Waals surface area contributed by atoms with Gasteiger partial charge in [0.15, 0.2) is 0 Å². The van der Waals surface area contributed by atoms with Crippen molar-refractivity contribution in [2.24, 2.45) is 0 Å². The number of hydrogen-bond acceptors (Lipinski definition) is 5. The van der Waals surface area contributed by atoms with E-state index in [1.54, 1.807) is 35.0 Å². The molecule has 0 aliphatic rings. The number of anilines is 2. The predicted molar refractivity (Wildman–Crippen MR) is 83.4 cm³/mol. The van der Waals surface area contributed by atoms with Gasteiger partial charge in [0.25, 0.3) is 0 Å². The van der Waals surface area contributed by atoms with Gasteiger partial charge in [-0.15, -0.1) is 0 Å². The number of esters is 1. The van der Waals surface area contributed by atoms with Gasteiger partial charge in [-0.05, 0) is 32.0 Å². The minimum atomic E-state index is -0.435. The Bertz CT molecular complexity index is 513. The molecule has 0 aliphatic carbocycles. The molecular formula is C15H23N3O3. The zero-order valence-corrected chi connectivity index (χ0v) is 13.0. The number of carbonyl (C=O) groups is 2. The summed E-state index contributed by atoms with van der Waals surface area (Å²) in [6.45, 7) is 5.49. The third-order valence-electron chi connectivity index (χ3n) is 3.35. The van der Waals surface area contributed by atoms with Crippen molar-refractivity contribution in [3.63, 3.8) is 0 Å². The van der Waals surface area contributed by atoms with E-state index in [9.17, 15) is 9.59 Å². The summed E-state index contributed by atoms with van der Waals surface area (Å²) < 4.78 is 4.65. The van der Waals surface area contributed by atoms with Gasteiger partial charge in [0, 0.05) is 20.1 Å². The van der Waals surface area contributed by atoms with E-state index in [4.69, 9.17) is 5.73 Å². The smallest absolute Gasteiger partial charge is 0.337 e. The van der Waals surface area contributed by atoms with E-state index in [2.05, 4.69) is 4.74 Å². The van der Waals surface area contributed by atoms with Crippen LogP contribution in [0.1, 0.15) is 24.2 Å². The molecule has 0 saturated carbocycles. The summed E-state index contributed by atoms with van der Waals surface area (Å²) in [5, 5.41) is 0. The van der Waals surface area contributed by atoms with Crippen LogP contribution < -0.4 is 10.6 Å². The van der Waals surface area contributed by atoms with Crippen molar-refractivity contribution in [1.82, 2.24) is 4.90 Å². The highest BCUT2D eigenvalue weighted by molar-refractivity contribution is 5.92. The second kappa shape index (κ2) is 7.52. The van der Waals surface area contributed by atoms with Crippen LogP contribution in [0.2, 0.25) is 0 Å². The molecule has 0 unspecified atom stereocenters. The van der Waals surface area contributed by atoms with Crippen molar-refractivity contribution in [1.29, 1.82) is 0 Å². The highest BCUT2D eigenvalue weighted by Crippen LogP contribution is 2.23. The Hall–Kier alpha value is -2.24. The second-order valence-electron chi connectivity index (χ2n) is 4.69. The molecule has 0 aromatic heterocycles. The molecule has 1 amide bonds. The van der Waals surface area contributed by atoms with Crippen molar-refractivity contribution in [2.75, 3.05) is 44.4 Å². The minimum Gasteiger partial charge on any atom is -0.465 e. The van der Waals surface area contributed by atoms with Crippen LogP contribution >= 0.6 is 0 Å². The third kappa shape index (κ3) is 4.11. The monoisotopic (exact) mass is 293 g/mol. The molecule has 0 atom stereocenters. The number of likely N-dealkylation sites (N-methyl/N-ethyl adjacent to an activating group) is 2. The van der Waals surface area contributed by atoms with E-state index in [0.29, 0.717) is 30.0 Å². The van der Waals surface area contributed by atoms with Gasteiger partial charge >= 0.3 is 5.97 Å². The van der Waals surface area contributed by atoms with Crippen LogP contribution in [-0.4, -0.2) is 50.6 Å². The van der Waals surface area contributed by atoms with E-state index >= 15 is 0 Å². The maximum Gasteiger partial charge on any atom is 0.337 e. The van der Waals surface area contributed by atoms with Crippen LogP contribution in [0.5, 0.6) is 0 Å². The first-order valence-electron chi connectivity index (χ1n) is 6.91. The number of benzene rings is 1. The lowest BCUT2D eigenvalue weighted by Gasteiger charge is -2.25. The molecule has 1 aromatic rings. The van der Waals surface area contributed by atoms with Gasteiger partial charge in [-0.1, -0.05) is 0 Å². The topological polar surface area (TPSA) is 75.9 Å². The van der Waals surface area contributed by atoms with Gasteiger partial charge < -0.3 is 20.3 Å². The van der Waals surface area contributed by atoms with E-state index in [-0.39, 0.29) is 12.5 Å². The Kier molecular flexibility index (Phi) is 6.02. The Morgan fingerprint density at radius 3 is 2.33 bits per heavy atom. The maximum absolute atomic E-state index is 12.1. The maximum atomic E-state index is 12.1. The standard InChI is InChI=1S/C15H23N3O3/c1-5-18(6-2)14(19)10-17(3)13-8-7-11(9-12(13)16)15(20)21-4/h7-9H,5-6,10,16H2,1-4H3. The molecule has 21 heavy (non-hydrogen) atoms. The molecule has 6 nitrogen and oxygen atoms in total. The number of hydrogen-bond donors (Lipinski definition) is 1. The lowest BCUT2D eigenvalue weighted by molar-refractivity contribution is -0.129. The molecular weight excluding hydrogens is 270 g/mol. The first-order valence-corrected chi connectivity index (χ1v) is 6.91. The molecule has 1 rings (SSSR count). The van der Waals surface area contributed by atoms with Crippen LogP contribution in [0.4, 0.5) is 11.4 Å². The van der Waals surface area contributed by atoms with Gasteiger partial charge in [0.2, 0.25) is 5.91 Å². The van der Waals surface area contributed by atoms with Gasteiger partial charge in [-0.25, -0.2) is 4.79 Å². The van der Waals surface area contributed by atoms with E-state index in [0.717, 1.165) is 0 Å². The molecule has 0 radical (unpaired) electrons. The third-order valence-corrected chi connectivity index (χ3v) is 3.35. The van der Waals surface area contributed by atoms with Gasteiger partial charge in [-0.3, -0.25) is 4.79 Å². The Labute approximate surface area is 125 Å². The molecule has 0 spiro atoms. The van der Waals surface area contributed by atoms with Crippen LogP contribution in [-0.2, 0) is 9.53 Å². The summed E-state index contributed by atoms with van der Waals surface area (Å²) in [4.78, 5) is 27.1. The zero-order valence-electron chi connectivity index (χ0n) is 13.0. The van der Waals surface area contributed by atoms with Gasteiger partial charge in [-0.2, -0.15) is 0 Å². The van der Waals surface area contributed by atoms with Crippen LogP contribution in [0.3, 0.4) is 0 Å². The molecule has 0 saturated heterocycles. The van der Waals surface area contributed by atoms with Crippen LogP contribution in [0.15, 0.2) is 18.2 Å². The molecule has 0 aliphatic heterocycles. The van der Waals surface area contributed by atoms with E-state index in [1.165, 1.54) is 7.11 Å². The first-order chi connectivity index (χ1) is 9.94. The van der Waals surface area contributed by atoms with Crippen molar-refractivity contribution in [3.05, 3.63) is 23.8 Å². The fourth-order valence-electron chi connectivity index (χ4n) is 2.11. The van der Waals surface area contributed by atoms with E-state index < -0.39 is 5.97 Å². The van der Waals surface area contributed by atoms with Crippen molar-refractivity contribution in [2.45, 2.75) is 13.8 Å². The number of ether oxygens (including phenoxy) is 1. The molecule has 6 heteroatoms. The van der Waals surface area contributed by atoms with Crippen molar-refractivity contribution < 1.29 is 14.3 Å². The summed E-state index contributed by atoms with van der Waals surface area (Å²) in [6.07, 6.45) is 0. The predicted octanol–water partition coefficient (Wildman–Crippen LogP) is 1.36. The number of rotatable bonds is 6. The highest BCUT2D eigenvalue weighted by Gasteiger charge is 2.15. The first kappa shape index (κ1) is 16.8.